The van der Waals surface area contributed by atoms with Gasteiger partial charge >= 0.3 is 0 Å². The number of aryl methyl sites for hydroxylation is 1. The lowest BCUT2D eigenvalue weighted by Crippen LogP contribution is -2.48. The zero-order valence-corrected chi connectivity index (χ0v) is 17.7. The molecular formula is C21H20FN7OS. The molecule has 0 atom stereocenters. The third kappa shape index (κ3) is 3.98. The summed E-state index contributed by atoms with van der Waals surface area (Å²) in [6.45, 7) is 2.63. The number of carbonyl (C=O) groups excluding carboxylic acids is 1. The van der Waals surface area contributed by atoms with E-state index in [1.807, 2.05) is 24.1 Å². The lowest BCUT2D eigenvalue weighted by molar-refractivity contribution is 0.0747. The summed E-state index contributed by atoms with van der Waals surface area (Å²) in [6.07, 6.45) is 0.570. The number of aromatic nitrogens is 5. The Morgan fingerprint density at radius 1 is 1.10 bits per heavy atom. The molecule has 2 aromatic heterocycles. The molecule has 3 heterocycles. The van der Waals surface area contributed by atoms with Crippen LogP contribution in [0.3, 0.4) is 0 Å². The Morgan fingerprint density at radius 3 is 2.65 bits per heavy atom. The Morgan fingerprint density at radius 2 is 1.87 bits per heavy atom. The Kier molecular flexibility index (Phi) is 5.06. The average Bonchev–Trinajstić information content (AvgIpc) is 3.41. The normalized spacial score (nSPS) is 14.4. The first-order valence-electron chi connectivity index (χ1n) is 9.97. The van der Waals surface area contributed by atoms with E-state index in [1.165, 1.54) is 23.7 Å². The van der Waals surface area contributed by atoms with E-state index in [0.717, 1.165) is 27.6 Å². The Bertz CT molecular complexity index is 1230. The number of hydrogen-bond donors (Lipinski definition) is 0. The Labute approximate surface area is 182 Å². The molecule has 0 bridgehead atoms. The van der Waals surface area contributed by atoms with Crippen LogP contribution in [0.1, 0.15) is 21.7 Å². The van der Waals surface area contributed by atoms with Gasteiger partial charge in [-0.15, -0.1) is 5.10 Å². The maximum absolute atomic E-state index is 13.1. The van der Waals surface area contributed by atoms with Gasteiger partial charge < -0.3 is 9.80 Å². The Balaban J connectivity index is 1.21. The summed E-state index contributed by atoms with van der Waals surface area (Å²) in [5.74, 6) is 0.476. The molecule has 0 aliphatic carbocycles. The van der Waals surface area contributed by atoms with Gasteiger partial charge in [0.25, 0.3) is 5.91 Å². The third-order valence-corrected chi connectivity index (χ3v) is 6.24. The van der Waals surface area contributed by atoms with Crippen LogP contribution in [-0.4, -0.2) is 61.3 Å². The van der Waals surface area contributed by atoms with Gasteiger partial charge in [0.05, 0.1) is 5.52 Å². The van der Waals surface area contributed by atoms with Gasteiger partial charge in [-0.3, -0.25) is 4.79 Å². The number of halogens is 1. The maximum Gasteiger partial charge on any atom is 0.254 e. The van der Waals surface area contributed by atoms with Crippen molar-refractivity contribution in [1.29, 1.82) is 0 Å². The molecule has 4 aromatic rings. The SMILES string of the molecule is Cn1nnc2cc(C(=O)N3CCN(c4nc(Cc5ccc(F)cc5)ns4)CC3)ccc21. The molecule has 1 aliphatic rings. The molecule has 1 fully saturated rings. The molecule has 5 rings (SSSR count). The summed E-state index contributed by atoms with van der Waals surface area (Å²) in [6, 6.07) is 11.9. The fourth-order valence-electron chi connectivity index (χ4n) is 3.69. The zero-order chi connectivity index (χ0) is 21.4. The third-order valence-electron chi connectivity index (χ3n) is 5.43. The number of fused-ring (bicyclic) bond motifs is 1. The molecule has 2 aromatic carbocycles. The van der Waals surface area contributed by atoms with Crippen molar-refractivity contribution in [3.63, 3.8) is 0 Å². The average molecular weight is 438 g/mol. The van der Waals surface area contributed by atoms with Crippen molar-refractivity contribution in [3.05, 3.63) is 65.2 Å². The van der Waals surface area contributed by atoms with Crippen molar-refractivity contribution < 1.29 is 9.18 Å². The predicted octanol–water partition coefficient (Wildman–Crippen LogP) is 2.51. The molecule has 0 saturated carbocycles. The van der Waals surface area contributed by atoms with E-state index < -0.39 is 0 Å². The number of rotatable bonds is 4. The fraction of sp³-hybridized carbons (Fsp3) is 0.286. The molecule has 0 radical (unpaired) electrons. The topological polar surface area (TPSA) is 80.0 Å². The molecule has 158 valence electrons. The molecule has 0 spiro atoms. The van der Waals surface area contributed by atoms with Gasteiger partial charge in [-0.25, -0.2) is 14.1 Å². The highest BCUT2D eigenvalue weighted by Gasteiger charge is 2.24. The molecule has 1 saturated heterocycles. The van der Waals surface area contributed by atoms with Gasteiger partial charge in [0.2, 0.25) is 5.13 Å². The number of piperazine rings is 1. The summed E-state index contributed by atoms with van der Waals surface area (Å²) >= 11 is 1.36. The molecule has 0 N–H and O–H groups in total. The van der Waals surface area contributed by atoms with Gasteiger partial charge in [-0.05, 0) is 35.9 Å². The minimum absolute atomic E-state index is 0.00136. The summed E-state index contributed by atoms with van der Waals surface area (Å²) in [4.78, 5) is 21.6. The molecule has 10 heteroatoms. The van der Waals surface area contributed by atoms with Crippen molar-refractivity contribution in [2.24, 2.45) is 7.05 Å². The summed E-state index contributed by atoms with van der Waals surface area (Å²) in [7, 11) is 1.83. The first-order valence-corrected chi connectivity index (χ1v) is 10.7. The molecule has 31 heavy (non-hydrogen) atoms. The predicted molar refractivity (Wildman–Crippen MR) is 116 cm³/mol. The Hall–Kier alpha value is -3.40. The summed E-state index contributed by atoms with van der Waals surface area (Å²) < 4.78 is 19.2. The molecule has 1 aliphatic heterocycles. The minimum Gasteiger partial charge on any atom is -0.343 e. The first kappa shape index (κ1) is 19.6. The van der Waals surface area contributed by atoms with E-state index in [0.29, 0.717) is 38.2 Å². The van der Waals surface area contributed by atoms with Gasteiger partial charge in [0, 0.05) is 56.7 Å². The van der Waals surface area contributed by atoms with Crippen LogP contribution in [0.5, 0.6) is 0 Å². The zero-order valence-electron chi connectivity index (χ0n) is 16.9. The van der Waals surface area contributed by atoms with E-state index in [1.54, 1.807) is 22.9 Å². The molecule has 1 amide bonds. The van der Waals surface area contributed by atoms with Crippen LogP contribution >= 0.6 is 11.5 Å². The lowest BCUT2D eigenvalue weighted by atomic mass is 10.1. The first-order chi connectivity index (χ1) is 15.1. The van der Waals surface area contributed by atoms with Crippen molar-refractivity contribution in [3.8, 4) is 0 Å². The largest absolute Gasteiger partial charge is 0.343 e. The standard InChI is InChI=1S/C21H20FN7OS/c1-27-18-7-4-15(13-17(18)24-26-27)20(30)28-8-10-29(11-9-28)21-23-19(25-31-21)12-14-2-5-16(22)6-3-14/h2-7,13H,8-12H2,1H3. The van der Waals surface area contributed by atoms with Crippen LogP contribution in [0.4, 0.5) is 9.52 Å². The minimum atomic E-state index is -0.250. The van der Waals surface area contributed by atoms with Gasteiger partial charge in [0.15, 0.2) is 0 Å². The van der Waals surface area contributed by atoms with E-state index in [2.05, 4.69) is 24.6 Å². The number of nitrogens with zero attached hydrogens (tertiary/aromatic N) is 7. The van der Waals surface area contributed by atoms with E-state index >= 15 is 0 Å². The highest BCUT2D eigenvalue weighted by Crippen LogP contribution is 2.22. The highest BCUT2D eigenvalue weighted by molar-refractivity contribution is 7.09. The molecule has 8 nitrogen and oxygen atoms in total. The smallest absolute Gasteiger partial charge is 0.254 e. The van der Waals surface area contributed by atoms with Crippen molar-refractivity contribution in [1.82, 2.24) is 29.3 Å². The quantitative estimate of drug-likeness (QED) is 0.488. The fourth-order valence-corrected chi connectivity index (χ4v) is 4.42. The van der Waals surface area contributed by atoms with Gasteiger partial charge in [0.1, 0.15) is 17.2 Å². The molecule has 0 unspecified atom stereocenters. The van der Waals surface area contributed by atoms with Crippen LogP contribution in [0.25, 0.3) is 11.0 Å². The van der Waals surface area contributed by atoms with Crippen LogP contribution in [0.15, 0.2) is 42.5 Å². The van der Waals surface area contributed by atoms with Crippen molar-refractivity contribution in [2.75, 3.05) is 31.1 Å². The summed E-state index contributed by atoms with van der Waals surface area (Å²) in [5.41, 5.74) is 3.21. The van der Waals surface area contributed by atoms with Crippen LogP contribution in [-0.2, 0) is 13.5 Å². The van der Waals surface area contributed by atoms with Gasteiger partial charge in [-0.1, -0.05) is 17.3 Å². The number of hydrogen-bond acceptors (Lipinski definition) is 7. The number of carbonyl (C=O) groups is 1. The van der Waals surface area contributed by atoms with Gasteiger partial charge in [-0.2, -0.15) is 4.37 Å². The number of anilines is 1. The van der Waals surface area contributed by atoms with Crippen LogP contribution < -0.4 is 4.90 Å². The van der Waals surface area contributed by atoms with Crippen molar-refractivity contribution >= 4 is 33.6 Å². The number of amides is 1. The van der Waals surface area contributed by atoms with E-state index in [4.69, 9.17) is 0 Å². The second-order valence-electron chi connectivity index (χ2n) is 7.49. The number of benzene rings is 2. The van der Waals surface area contributed by atoms with Crippen LogP contribution in [0.2, 0.25) is 0 Å². The second-order valence-corrected chi connectivity index (χ2v) is 8.22. The van der Waals surface area contributed by atoms with E-state index in [9.17, 15) is 9.18 Å². The second kappa shape index (κ2) is 8.03. The molecular weight excluding hydrogens is 417 g/mol. The lowest BCUT2D eigenvalue weighted by Gasteiger charge is -2.34. The monoisotopic (exact) mass is 437 g/mol. The maximum atomic E-state index is 13.1. The summed E-state index contributed by atoms with van der Waals surface area (Å²) in [5, 5.41) is 8.94. The van der Waals surface area contributed by atoms with Crippen LogP contribution in [0, 0.1) is 5.82 Å². The highest BCUT2D eigenvalue weighted by atomic mass is 32.1. The van der Waals surface area contributed by atoms with E-state index in [-0.39, 0.29) is 11.7 Å². The van der Waals surface area contributed by atoms with Crippen molar-refractivity contribution in [2.45, 2.75) is 6.42 Å².